The van der Waals surface area contributed by atoms with Gasteiger partial charge in [-0.2, -0.15) is 0 Å². The van der Waals surface area contributed by atoms with Crippen molar-refractivity contribution in [3.05, 3.63) is 29.8 Å². The number of rotatable bonds is 4. The first-order valence-corrected chi connectivity index (χ1v) is 9.80. The molecule has 27 heavy (non-hydrogen) atoms. The van der Waals surface area contributed by atoms with E-state index in [1.165, 1.54) is 10.5 Å². The van der Waals surface area contributed by atoms with Crippen LogP contribution in [0.25, 0.3) is 0 Å². The molecule has 0 unspecified atom stereocenters. The fourth-order valence-electron chi connectivity index (χ4n) is 3.09. The molecule has 1 N–H and O–H groups in total. The number of hydrogen-bond acceptors (Lipinski definition) is 6. The van der Waals surface area contributed by atoms with Crippen LogP contribution in [0.15, 0.2) is 24.3 Å². The molecular weight excluding hydrogens is 368 g/mol. The van der Waals surface area contributed by atoms with Gasteiger partial charge in [0.15, 0.2) is 0 Å². The van der Waals surface area contributed by atoms with Gasteiger partial charge in [-0.1, -0.05) is 23.9 Å². The normalized spacial score (nSPS) is 17.4. The van der Waals surface area contributed by atoms with Gasteiger partial charge in [-0.15, -0.1) is 0 Å². The van der Waals surface area contributed by atoms with E-state index in [9.17, 15) is 19.2 Å². The van der Waals surface area contributed by atoms with Crippen molar-refractivity contribution in [3.63, 3.8) is 0 Å². The van der Waals surface area contributed by atoms with Gasteiger partial charge in [-0.3, -0.25) is 24.1 Å². The molecule has 144 valence electrons. The Morgan fingerprint density at radius 2 is 1.89 bits per heavy atom. The monoisotopic (exact) mass is 390 g/mol. The van der Waals surface area contributed by atoms with E-state index in [4.69, 9.17) is 0 Å². The third-order valence-corrected chi connectivity index (χ3v) is 5.45. The smallest absolute Gasteiger partial charge is 0.312 e. The summed E-state index contributed by atoms with van der Waals surface area (Å²) >= 11 is 0.945. The Morgan fingerprint density at radius 1 is 1.15 bits per heavy atom. The van der Waals surface area contributed by atoms with Gasteiger partial charge in [-0.25, -0.2) is 0 Å². The number of carbonyl (C=O) groups excluding carboxylic acids is 4. The summed E-state index contributed by atoms with van der Waals surface area (Å²) in [6.07, 6.45) is 0. The lowest BCUT2D eigenvalue weighted by molar-refractivity contribution is -0.146. The molecule has 0 atom stereocenters. The molecule has 3 rings (SSSR count). The van der Waals surface area contributed by atoms with Crippen LogP contribution in [0.2, 0.25) is 0 Å². The third kappa shape index (κ3) is 4.60. The fourth-order valence-corrected chi connectivity index (χ4v) is 3.84. The van der Waals surface area contributed by atoms with Crippen LogP contribution >= 0.6 is 11.8 Å². The fraction of sp³-hybridized carbons (Fsp3) is 0.444. The minimum atomic E-state index is -0.703. The predicted octanol–water partition coefficient (Wildman–Crippen LogP) is 0.455. The van der Waals surface area contributed by atoms with E-state index in [1.807, 2.05) is 25.1 Å². The number of nitrogens with zero attached hydrogens (tertiary/aromatic N) is 3. The number of imide groups is 1. The number of nitrogens with one attached hydrogen (secondary N) is 1. The lowest BCUT2D eigenvalue weighted by atomic mass is 10.2. The molecular formula is C18H22N4O4S. The third-order valence-electron chi connectivity index (χ3n) is 4.59. The van der Waals surface area contributed by atoms with E-state index in [1.54, 1.807) is 0 Å². The molecule has 2 aliphatic heterocycles. The Kier molecular flexibility index (Phi) is 6.00. The van der Waals surface area contributed by atoms with E-state index >= 15 is 0 Å². The number of thioether (sulfide) groups is 1. The molecule has 2 heterocycles. The number of amides is 4. The first-order chi connectivity index (χ1) is 13.0. The largest absolute Gasteiger partial charge is 0.368 e. The van der Waals surface area contributed by atoms with E-state index in [0.29, 0.717) is 26.2 Å². The highest BCUT2D eigenvalue weighted by atomic mass is 32.2. The highest BCUT2D eigenvalue weighted by molar-refractivity contribution is 8.14. The number of anilines is 1. The molecule has 9 heteroatoms. The molecule has 0 aliphatic carbocycles. The van der Waals surface area contributed by atoms with Crippen molar-refractivity contribution >= 4 is 40.4 Å². The first kappa shape index (κ1) is 19.2. The lowest BCUT2D eigenvalue weighted by Crippen LogP contribution is -2.53. The maximum absolute atomic E-state index is 12.3. The van der Waals surface area contributed by atoms with E-state index < -0.39 is 11.8 Å². The maximum Gasteiger partial charge on any atom is 0.312 e. The molecule has 0 saturated carbocycles. The minimum Gasteiger partial charge on any atom is -0.368 e. The summed E-state index contributed by atoms with van der Waals surface area (Å²) in [6, 6.07) is 8.18. The Bertz CT molecular complexity index is 745. The summed E-state index contributed by atoms with van der Waals surface area (Å²) in [4.78, 5) is 52.2. The van der Waals surface area contributed by atoms with Gasteiger partial charge in [0.05, 0.1) is 5.75 Å². The van der Waals surface area contributed by atoms with Crippen molar-refractivity contribution in [1.29, 1.82) is 0 Å². The number of benzene rings is 1. The predicted molar refractivity (Wildman–Crippen MR) is 103 cm³/mol. The van der Waals surface area contributed by atoms with Crippen LogP contribution in [-0.4, -0.2) is 77.8 Å². The zero-order valence-corrected chi connectivity index (χ0v) is 16.0. The summed E-state index contributed by atoms with van der Waals surface area (Å²) in [5, 5.41) is 2.19. The molecule has 0 radical (unpaired) electrons. The van der Waals surface area contributed by atoms with Gasteiger partial charge in [-0.05, 0) is 24.6 Å². The summed E-state index contributed by atoms with van der Waals surface area (Å²) < 4.78 is 0. The Labute approximate surface area is 161 Å². The van der Waals surface area contributed by atoms with Crippen molar-refractivity contribution in [2.75, 3.05) is 49.9 Å². The molecule has 4 amide bonds. The van der Waals surface area contributed by atoms with Gasteiger partial charge in [0, 0.05) is 45.0 Å². The molecule has 0 bridgehead atoms. The van der Waals surface area contributed by atoms with Gasteiger partial charge in [0.2, 0.25) is 5.91 Å². The molecule has 0 aromatic heterocycles. The van der Waals surface area contributed by atoms with Crippen molar-refractivity contribution in [2.45, 2.75) is 6.92 Å². The van der Waals surface area contributed by atoms with Gasteiger partial charge in [0.25, 0.3) is 5.24 Å². The standard InChI is InChI=1S/C18H22N4O4S/c1-13-3-2-4-14(11-13)20-7-9-21(10-8-20)17(25)16(24)19-5-6-22-15(23)12-27-18(22)26/h2-4,11H,5-10,12H2,1H3,(H,19,24). The number of hydrogen-bond donors (Lipinski definition) is 1. The highest BCUT2D eigenvalue weighted by Crippen LogP contribution is 2.18. The van der Waals surface area contributed by atoms with Crippen molar-refractivity contribution in [1.82, 2.24) is 15.1 Å². The zero-order valence-electron chi connectivity index (χ0n) is 15.1. The van der Waals surface area contributed by atoms with Crippen LogP contribution in [0.5, 0.6) is 0 Å². The zero-order chi connectivity index (χ0) is 19.4. The quantitative estimate of drug-likeness (QED) is 0.751. The van der Waals surface area contributed by atoms with Crippen molar-refractivity contribution < 1.29 is 19.2 Å². The Balaban J connectivity index is 1.44. The second kappa shape index (κ2) is 8.43. The number of aryl methyl sites for hydroxylation is 1. The molecule has 0 spiro atoms. The summed E-state index contributed by atoms with van der Waals surface area (Å²) in [5.41, 5.74) is 2.29. The van der Waals surface area contributed by atoms with Crippen LogP contribution in [0, 0.1) is 6.92 Å². The summed E-state index contributed by atoms with van der Waals surface area (Å²) in [6.45, 7) is 4.47. The van der Waals surface area contributed by atoms with Crippen LogP contribution in [0.4, 0.5) is 10.5 Å². The summed E-state index contributed by atoms with van der Waals surface area (Å²) in [7, 11) is 0. The maximum atomic E-state index is 12.3. The number of piperazine rings is 1. The van der Waals surface area contributed by atoms with Gasteiger partial charge < -0.3 is 15.1 Å². The summed E-state index contributed by atoms with van der Waals surface area (Å²) in [5.74, 6) is -1.41. The first-order valence-electron chi connectivity index (χ1n) is 8.81. The Hall–Kier alpha value is -2.55. The van der Waals surface area contributed by atoms with Crippen LogP contribution < -0.4 is 10.2 Å². The van der Waals surface area contributed by atoms with Crippen LogP contribution in [0.1, 0.15) is 5.56 Å². The average molecular weight is 390 g/mol. The molecule has 8 nitrogen and oxygen atoms in total. The molecule has 2 saturated heterocycles. The molecule has 1 aromatic carbocycles. The molecule has 2 fully saturated rings. The number of carbonyl (C=O) groups is 4. The van der Waals surface area contributed by atoms with Gasteiger partial charge in [0.1, 0.15) is 0 Å². The van der Waals surface area contributed by atoms with Crippen molar-refractivity contribution in [3.8, 4) is 0 Å². The van der Waals surface area contributed by atoms with E-state index in [-0.39, 0.29) is 30.0 Å². The average Bonchev–Trinajstić information content (AvgIpc) is 2.99. The van der Waals surface area contributed by atoms with Gasteiger partial charge >= 0.3 is 11.8 Å². The highest BCUT2D eigenvalue weighted by Gasteiger charge is 2.30. The Morgan fingerprint density at radius 3 is 2.52 bits per heavy atom. The SMILES string of the molecule is Cc1cccc(N2CCN(C(=O)C(=O)NCCN3C(=O)CSC3=O)CC2)c1. The topological polar surface area (TPSA) is 90.0 Å². The van der Waals surface area contributed by atoms with Crippen molar-refractivity contribution in [2.24, 2.45) is 0 Å². The lowest BCUT2D eigenvalue weighted by Gasteiger charge is -2.35. The van der Waals surface area contributed by atoms with Crippen LogP contribution in [-0.2, 0) is 14.4 Å². The minimum absolute atomic E-state index is 0.0753. The second-order valence-corrected chi connectivity index (χ2v) is 7.40. The van der Waals surface area contributed by atoms with E-state index in [0.717, 1.165) is 22.3 Å². The molecule has 2 aliphatic rings. The molecule has 1 aromatic rings. The van der Waals surface area contributed by atoms with Crippen LogP contribution in [0.3, 0.4) is 0 Å². The second-order valence-electron chi connectivity index (χ2n) is 6.47. The van der Waals surface area contributed by atoms with E-state index in [2.05, 4.69) is 16.3 Å².